The summed E-state index contributed by atoms with van der Waals surface area (Å²) in [6.07, 6.45) is 0. The lowest BCUT2D eigenvalue weighted by molar-refractivity contribution is -0.386. The van der Waals surface area contributed by atoms with Gasteiger partial charge in [-0.3, -0.25) is 14.7 Å². The Morgan fingerprint density at radius 3 is 2.35 bits per heavy atom. The molecule has 6 nitrogen and oxygen atoms in total. The normalized spacial score (nSPS) is 12.5. The van der Waals surface area contributed by atoms with Crippen molar-refractivity contribution in [3.63, 3.8) is 0 Å². The van der Waals surface area contributed by atoms with Crippen molar-refractivity contribution in [3.8, 4) is 0 Å². The van der Waals surface area contributed by atoms with Gasteiger partial charge in [0.15, 0.2) is 0 Å². The third-order valence-electron chi connectivity index (χ3n) is 2.04. The van der Waals surface area contributed by atoms with Gasteiger partial charge in [-0.05, 0) is 18.6 Å². The van der Waals surface area contributed by atoms with Crippen LogP contribution in [0.15, 0.2) is 18.2 Å². The molecule has 0 aliphatic rings. The molecule has 0 saturated carbocycles. The first-order chi connectivity index (χ1) is 7.57. The van der Waals surface area contributed by atoms with Crippen LogP contribution in [0.5, 0.6) is 0 Å². The molecule has 2 N–H and O–H groups in total. The van der Waals surface area contributed by atoms with Crippen LogP contribution in [-0.4, -0.2) is 14.7 Å². The summed E-state index contributed by atoms with van der Waals surface area (Å²) in [5, 5.41) is 10.6. The minimum absolute atomic E-state index is 0.335. The van der Waals surface area contributed by atoms with Crippen LogP contribution in [0.2, 0.25) is 0 Å². The van der Waals surface area contributed by atoms with E-state index in [2.05, 4.69) is 0 Å². The average molecular weight is 267 g/mol. The highest BCUT2D eigenvalue weighted by atomic mass is 31.2. The molecule has 9 heteroatoms. The van der Waals surface area contributed by atoms with Crippen LogP contribution in [-0.2, 0) is 10.2 Å². The Hall–Kier alpha value is -1.37. The Balaban J connectivity index is 3.52. The molecule has 1 aromatic rings. The van der Waals surface area contributed by atoms with E-state index in [4.69, 9.17) is 9.79 Å². The Kier molecular flexibility index (Phi) is 3.33. The summed E-state index contributed by atoms with van der Waals surface area (Å²) in [4.78, 5) is 26.5. The van der Waals surface area contributed by atoms with Crippen LogP contribution in [0.1, 0.15) is 11.1 Å². The second-order valence-electron chi connectivity index (χ2n) is 3.36. The standard InChI is InChI=1S/C8H8F2NO5P/c1-5-2-3-6(7(4-5)11(12)13)8(9,10)17(14,15)16/h2-4H,1H3,(H2,14,15,16). The molecule has 0 heterocycles. The second kappa shape index (κ2) is 4.14. The summed E-state index contributed by atoms with van der Waals surface area (Å²) >= 11 is 0. The van der Waals surface area contributed by atoms with E-state index in [1.807, 2.05) is 0 Å². The highest BCUT2D eigenvalue weighted by molar-refractivity contribution is 7.52. The Bertz CT molecular complexity index is 513. The van der Waals surface area contributed by atoms with Gasteiger partial charge in [0.2, 0.25) is 0 Å². The van der Waals surface area contributed by atoms with Gasteiger partial charge in [-0.2, -0.15) is 8.78 Å². The van der Waals surface area contributed by atoms with Crippen molar-refractivity contribution in [2.45, 2.75) is 12.6 Å². The summed E-state index contributed by atoms with van der Waals surface area (Å²) < 4.78 is 37.3. The predicted molar refractivity (Wildman–Crippen MR) is 53.8 cm³/mol. The summed E-state index contributed by atoms with van der Waals surface area (Å²) in [6.45, 7) is 1.44. The van der Waals surface area contributed by atoms with Crippen molar-refractivity contribution in [2.24, 2.45) is 0 Å². The average Bonchev–Trinajstić information content (AvgIpc) is 2.15. The first-order valence-corrected chi connectivity index (χ1v) is 5.87. The molecular weight excluding hydrogens is 259 g/mol. The SMILES string of the molecule is Cc1ccc(C(F)(F)P(=O)(O)O)c([N+](=O)[O-])c1. The van der Waals surface area contributed by atoms with Gasteiger partial charge in [0.05, 0.1) is 4.92 Å². The van der Waals surface area contributed by atoms with E-state index in [1.165, 1.54) is 6.92 Å². The summed E-state index contributed by atoms with van der Waals surface area (Å²) in [6, 6.07) is 2.59. The van der Waals surface area contributed by atoms with E-state index in [0.717, 1.165) is 12.1 Å². The Morgan fingerprint density at radius 2 is 1.94 bits per heavy atom. The molecule has 0 aromatic heterocycles. The molecule has 0 radical (unpaired) electrons. The monoisotopic (exact) mass is 267 g/mol. The Labute approximate surface area is 94.2 Å². The fraction of sp³-hybridized carbons (Fsp3) is 0.250. The number of nitrogens with zero attached hydrogens (tertiary/aromatic N) is 1. The van der Waals surface area contributed by atoms with E-state index in [0.29, 0.717) is 11.6 Å². The van der Waals surface area contributed by atoms with Gasteiger partial charge in [-0.25, -0.2) is 0 Å². The molecule has 0 atom stereocenters. The van der Waals surface area contributed by atoms with Crippen molar-refractivity contribution in [1.29, 1.82) is 0 Å². The lowest BCUT2D eigenvalue weighted by atomic mass is 10.1. The largest absolute Gasteiger partial charge is 0.399 e. The molecule has 0 spiro atoms. The van der Waals surface area contributed by atoms with Crippen molar-refractivity contribution >= 4 is 13.3 Å². The smallest absolute Gasteiger partial charge is 0.320 e. The number of alkyl halides is 2. The molecule has 0 aliphatic carbocycles. The highest BCUT2D eigenvalue weighted by Crippen LogP contribution is 2.60. The summed E-state index contributed by atoms with van der Waals surface area (Å²) in [7, 11) is -5.81. The predicted octanol–water partition coefficient (Wildman–Crippen LogP) is 2.13. The first kappa shape index (κ1) is 13.7. The van der Waals surface area contributed by atoms with Crippen molar-refractivity contribution < 1.29 is 28.1 Å². The molecule has 0 fully saturated rings. The van der Waals surface area contributed by atoms with Gasteiger partial charge >= 0.3 is 13.3 Å². The van der Waals surface area contributed by atoms with Crippen LogP contribution >= 0.6 is 7.60 Å². The number of nitro groups is 1. The zero-order valence-corrected chi connectivity index (χ0v) is 9.40. The van der Waals surface area contributed by atoms with Gasteiger partial charge in [-0.1, -0.05) is 6.07 Å². The molecule has 0 saturated heterocycles. The zero-order valence-electron chi connectivity index (χ0n) is 8.50. The van der Waals surface area contributed by atoms with Gasteiger partial charge in [0.25, 0.3) is 5.69 Å². The molecular formula is C8H8F2NO5P. The first-order valence-electron chi connectivity index (χ1n) is 4.26. The van der Waals surface area contributed by atoms with Gasteiger partial charge in [0.1, 0.15) is 5.56 Å². The van der Waals surface area contributed by atoms with Gasteiger partial charge < -0.3 is 9.79 Å². The fourth-order valence-electron chi connectivity index (χ4n) is 1.20. The van der Waals surface area contributed by atoms with E-state index in [9.17, 15) is 23.5 Å². The van der Waals surface area contributed by atoms with E-state index < -0.39 is 29.4 Å². The van der Waals surface area contributed by atoms with Crippen LogP contribution in [0.4, 0.5) is 14.5 Å². The number of aryl methyl sites for hydroxylation is 1. The number of hydrogen-bond acceptors (Lipinski definition) is 3. The molecule has 1 rings (SSSR count). The maximum atomic E-state index is 13.3. The molecule has 0 unspecified atom stereocenters. The maximum absolute atomic E-state index is 13.3. The summed E-state index contributed by atoms with van der Waals surface area (Å²) in [5.74, 6) is 0. The van der Waals surface area contributed by atoms with Gasteiger partial charge in [-0.15, -0.1) is 0 Å². The molecule has 94 valence electrons. The number of rotatable bonds is 3. The van der Waals surface area contributed by atoms with E-state index in [1.54, 1.807) is 0 Å². The van der Waals surface area contributed by atoms with E-state index >= 15 is 0 Å². The molecule has 1 aromatic carbocycles. The minimum Gasteiger partial charge on any atom is -0.320 e. The lowest BCUT2D eigenvalue weighted by Gasteiger charge is -2.17. The minimum atomic E-state index is -5.81. The summed E-state index contributed by atoms with van der Waals surface area (Å²) in [5.41, 5.74) is -6.55. The molecule has 0 bridgehead atoms. The Morgan fingerprint density at radius 1 is 1.41 bits per heavy atom. The number of benzene rings is 1. The molecule has 0 aliphatic heterocycles. The maximum Gasteiger partial charge on any atom is 0.399 e. The number of halogens is 2. The van der Waals surface area contributed by atoms with Crippen LogP contribution < -0.4 is 0 Å². The van der Waals surface area contributed by atoms with Gasteiger partial charge in [0, 0.05) is 6.07 Å². The second-order valence-corrected chi connectivity index (χ2v) is 5.01. The van der Waals surface area contributed by atoms with Crippen LogP contribution in [0.3, 0.4) is 0 Å². The molecule has 0 amide bonds. The van der Waals surface area contributed by atoms with Crippen molar-refractivity contribution in [3.05, 3.63) is 39.4 Å². The molecule has 17 heavy (non-hydrogen) atoms. The fourth-order valence-corrected chi connectivity index (χ4v) is 1.71. The number of hydrogen-bond donors (Lipinski definition) is 2. The van der Waals surface area contributed by atoms with Crippen molar-refractivity contribution in [1.82, 2.24) is 0 Å². The topological polar surface area (TPSA) is 101 Å². The quantitative estimate of drug-likeness (QED) is 0.496. The van der Waals surface area contributed by atoms with Crippen LogP contribution in [0, 0.1) is 17.0 Å². The third-order valence-corrected chi connectivity index (χ3v) is 3.01. The lowest BCUT2D eigenvalue weighted by Crippen LogP contribution is -2.16. The van der Waals surface area contributed by atoms with Crippen LogP contribution in [0.25, 0.3) is 0 Å². The number of nitro benzene ring substituents is 1. The highest BCUT2D eigenvalue weighted by Gasteiger charge is 2.53. The van der Waals surface area contributed by atoms with Crippen molar-refractivity contribution in [2.75, 3.05) is 0 Å². The van der Waals surface area contributed by atoms with E-state index in [-0.39, 0.29) is 0 Å². The zero-order chi connectivity index (χ0) is 13.4. The third kappa shape index (κ3) is 2.49.